The molecule has 156 valence electrons. The molecule has 0 spiro atoms. The van der Waals surface area contributed by atoms with Gasteiger partial charge in [0.15, 0.2) is 0 Å². The first-order valence-corrected chi connectivity index (χ1v) is 10.00. The third-order valence-corrected chi connectivity index (χ3v) is 5.53. The second-order valence-electron chi connectivity index (χ2n) is 7.60. The third-order valence-electron chi connectivity index (χ3n) is 5.53. The summed E-state index contributed by atoms with van der Waals surface area (Å²) in [6.07, 6.45) is 0. The lowest BCUT2D eigenvalue weighted by Gasteiger charge is -2.27. The molecule has 1 aliphatic heterocycles. The molecule has 0 aliphatic carbocycles. The molecule has 0 saturated carbocycles. The molecule has 5 nitrogen and oxygen atoms in total. The molecule has 1 amide bonds. The standard InChI is InChI=1S/C26H23NO4/c1-16-12-13-17(2)21(14-16)27-23(19-10-7-11-20(15-19)31-3)22(25(29)26(27)30)24(28)18-8-5-4-6-9-18/h4-15,23,28H,1-3H3/b24-22+. The summed E-state index contributed by atoms with van der Waals surface area (Å²) in [6, 6.07) is 21.0. The van der Waals surface area contributed by atoms with Crippen molar-refractivity contribution >= 4 is 23.1 Å². The molecule has 31 heavy (non-hydrogen) atoms. The van der Waals surface area contributed by atoms with Crippen molar-refractivity contribution in [1.82, 2.24) is 0 Å². The summed E-state index contributed by atoms with van der Waals surface area (Å²) in [4.78, 5) is 27.9. The van der Waals surface area contributed by atoms with Gasteiger partial charge in [-0.05, 0) is 48.7 Å². The molecule has 3 aromatic rings. The lowest BCUT2D eigenvalue weighted by molar-refractivity contribution is -0.132. The highest BCUT2D eigenvalue weighted by Crippen LogP contribution is 2.43. The number of aliphatic hydroxyl groups is 1. The van der Waals surface area contributed by atoms with Gasteiger partial charge in [-0.2, -0.15) is 0 Å². The fraction of sp³-hybridized carbons (Fsp3) is 0.154. The number of carbonyl (C=O) groups excluding carboxylic acids is 2. The van der Waals surface area contributed by atoms with Crippen molar-refractivity contribution < 1.29 is 19.4 Å². The molecule has 1 aliphatic rings. The van der Waals surface area contributed by atoms with Crippen LogP contribution in [0.3, 0.4) is 0 Å². The zero-order chi connectivity index (χ0) is 22.1. The van der Waals surface area contributed by atoms with Gasteiger partial charge in [-0.25, -0.2) is 0 Å². The highest BCUT2D eigenvalue weighted by molar-refractivity contribution is 6.51. The Kier molecular flexibility index (Phi) is 5.34. The molecular formula is C26H23NO4. The van der Waals surface area contributed by atoms with Crippen LogP contribution >= 0.6 is 0 Å². The number of benzene rings is 3. The van der Waals surface area contributed by atoms with E-state index in [0.29, 0.717) is 22.6 Å². The van der Waals surface area contributed by atoms with Crippen molar-refractivity contribution in [2.75, 3.05) is 12.0 Å². The van der Waals surface area contributed by atoms with Crippen molar-refractivity contribution in [2.24, 2.45) is 0 Å². The Morgan fingerprint density at radius 1 is 0.935 bits per heavy atom. The predicted octanol–water partition coefficient (Wildman–Crippen LogP) is 4.94. The van der Waals surface area contributed by atoms with Crippen LogP contribution in [0.4, 0.5) is 5.69 Å². The number of Topliss-reactive ketones (excluding diaryl/α,β-unsaturated/α-hetero) is 1. The highest BCUT2D eigenvalue weighted by atomic mass is 16.5. The van der Waals surface area contributed by atoms with Crippen molar-refractivity contribution in [2.45, 2.75) is 19.9 Å². The molecule has 1 N–H and O–H groups in total. The number of anilines is 1. The van der Waals surface area contributed by atoms with Crippen LogP contribution < -0.4 is 9.64 Å². The molecule has 4 rings (SSSR count). The minimum atomic E-state index is -0.782. The van der Waals surface area contributed by atoms with Crippen LogP contribution in [0.2, 0.25) is 0 Å². The molecule has 0 bridgehead atoms. The normalized spacial score (nSPS) is 17.8. The minimum absolute atomic E-state index is 0.0605. The van der Waals surface area contributed by atoms with E-state index in [9.17, 15) is 14.7 Å². The van der Waals surface area contributed by atoms with Crippen LogP contribution in [0.1, 0.15) is 28.3 Å². The number of hydrogen-bond donors (Lipinski definition) is 1. The first kappa shape index (κ1) is 20.4. The average molecular weight is 413 g/mol. The topological polar surface area (TPSA) is 66.8 Å². The molecule has 0 radical (unpaired) electrons. The number of amides is 1. The van der Waals surface area contributed by atoms with E-state index in [1.807, 2.05) is 44.2 Å². The third kappa shape index (κ3) is 3.59. The number of methoxy groups -OCH3 is 1. The number of rotatable bonds is 4. The van der Waals surface area contributed by atoms with E-state index in [-0.39, 0.29) is 11.3 Å². The summed E-state index contributed by atoms with van der Waals surface area (Å²) in [5.41, 5.74) is 3.69. The lowest BCUT2D eigenvalue weighted by Crippen LogP contribution is -2.30. The van der Waals surface area contributed by atoms with Crippen LogP contribution in [0.15, 0.2) is 78.4 Å². The van der Waals surface area contributed by atoms with Gasteiger partial charge >= 0.3 is 0 Å². The van der Waals surface area contributed by atoms with Gasteiger partial charge in [0.2, 0.25) is 0 Å². The first-order chi connectivity index (χ1) is 14.9. The van der Waals surface area contributed by atoms with Crippen molar-refractivity contribution in [3.63, 3.8) is 0 Å². The molecule has 1 atom stereocenters. The van der Waals surface area contributed by atoms with E-state index in [0.717, 1.165) is 11.1 Å². The Hall–Kier alpha value is -3.86. The van der Waals surface area contributed by atoms with E-state index >= 15 is 0 Å². The van der Waals surface area contributed by atoms with E-state index in [2.05, 4.69) is 0 Å². The number of aryl methyl sites for hydroxylation is 2. The van der Waals surface area contributed by atoms with Crippen LogP contribution in [-0.2, 0) is 9.59 Å². The van der Waals surface area contributed by atoms with Crippen LogP contribution in [0, 0.1) is 13.8 Å². The summed E-state index contributed by atoms with van der Waals surface area (Å²) >= 11 is 0. The number of hydrogen-bond acceptors (Lipinski definition) is 4. The SMILES string of the molecule is COc1cccc(C2/C(=C(\O)c3ccccc3)C(=O)C(=O)N2c2cc(C)ccc2C)c1. The predicted molar refractivity (Wildman–Crippen MR) is 120 cm³/mol. The van der Waals surface area contributed by atoms with Crippen molar-refractivity contribution in [3.8, 4) is 5.75 Å². The summed E-state index contributed by atoms with van der Waals surface area (Å²) < 4.78 is 5.37. The first-order valence-electron chi connectivity index (χ1n) is 10.00. The summed E-state index contributed by atoms with van der Waals surface area (Å²) in [6.45, 7) is 3.83. The quantitative estimate of drug-likeness (QED) is 0.374. The zero-order valence-electron chi connectivity index (χ0n) is 17.6. The second kappa shape index (κ2) is 8.11. The monoisotopic (exact) mass is 413 g/mol. The lowest BCUT2D eigenvalue weighted by atomic mass is 9.94. The zero-order valence-corrected chi connectivity index (χ0v) is 17.6. The summed E-state index contributed by atoms with van der Waals surface area (Å²) in [7, 11) is 1.56. The Morgan fingerprint density at radius 3 is 2.39 bits per heavy atom. The molecule has 5 heteroatoms. The number of aliphatic hydroxyl groups excluding tert-OH is 1. The average Bonchev–Trinajstić information content (AvgIpc) is 3.06. The van der Waals surface area contributed by atoms with Gasteiger partial charge < -0.3 is 9.84 Å². The second-order valence-corrected chi connectivity index (χ2v) is 7.60. The van der Waals surface area contributed by atoms with Gasteiger partial charge in [-0.3, -0.25) is 14.5 Å². The van der Waals surface area contributed by atoms with E-state index in [1.165, 1.54) is 4.90 Å². The minimum Gasteiger partial charge on any atom is -0.507 e. The molecule has 1 fully saturated rings. The molecule has 0 aromatic heterocycles. The van der Waals surface area contributed by atoms with Crippen molar-refractivity contribution in [3.05, 3.63) is 101 Å². The van der Waals surface area contributed by atoms with Gasteiger partial charge in [0.25, 0.3) is 11.7 Å². The molecule has 3 aromatic carbocycles. The molecule has 1 unspecified atom stereocenters. The number of carbonyl (C=O) groups is 2. The largest absolute Gasteiger partial charge is 0.507 e. The van der Waals surface area contributed by atoms with Crippen molar-refractivity contribution in [1.29, 1.82) is 0 Å². The fourth-order valence-corrected chi connectivity index (χ4v) is 3.94. The Morgan fingerprint density at radius 2 is 1.68 bits per heavy atom. The summed E-state index contributed by atoms with van der Waals surface area (Å²) in [5, 5.41) is 11.1. The smallest absolute Gasteiger partial charge is 0.300 e. The Labute approximate surface area is 181 Å². The van der Waals surface area contributed by atoms with E-state index < -0.39 is 17.7 Å². The number of ether oxygens (including phenoxy) is 1. The molecular weight excluding hydrogens is 390 g/mol. The maximum absolute atomic E-state index is 13.3. The van der Waals surface area contributed by atoms with Crippen LogP contribution in [0.25, 0.3) is 5.76 Å². The molecule has 1 heterocycles. The Bertz CT molecular complexity index is 1200. The van der Waals surface area contributed by atoms with Crippen LogP contribution in [0.5, 0.6) is 5.75 Å². The van der Waals surface area contributed by atoms with Gasteiger partial charge in [0, 0.05) is 11.3 Å². The maximum Gasteiger partial charge on any atom is 0.300 e. The van der Waals surface area contributed by atoms with Gasteiger partial charge in [0.05, 0.1) is 18.7 Å². The Balaban J connectivity index is 2.00. The van der Waals surface area contributed by atoms with Gasteiger partial charge in [-0.1, -0.05) is 54.6 Å². The maximum atomic E-state index is 13.3. The summed E-state index contributed by atoms with van der Waals surface area (Å²) in [5.74, 6) is -0.975. The van der Waals surface area contributed by atoms with E-state index in [4.69, 9.17) is 4.74 Å². The fourth-order valence-electron chi connectivity index (χ4n) is 3.94. The van der Waals surface area contributed by atoms with E-state index in [1.54, 1.807) is 49.6 Å². The highest BCUT2D eigenvalue weighted by Gasteiger charge is 2.47. The van der Waals surface area contributed by atoms with Gasteiger partial charge in [-0.15, -0.1) is 0 Å². The van der Waals surface area contributed by atoms with Crippen LogP contribution in [-0.4, -0.2) is 23.9 Å². The number of ketones is 1. The molecule has 1 saturated heterocycles. The van der Waals surface area contributed by atoms with Gasteiger partial charge in [0.1, 0.15) is 11.5 Å². The number of nitrogens with zero attached hydrogens (tertiary/aromatic N) is 1.